The van der Waals surface area contributed by atoms with Crippen LogP contribution in [0.1, 0.15) is 36.3 Å². The highest BCUT2D eigenvalue weighted by Gasteiger charge is 2.31. The minimum atomic E-state index is -2.56. The lowest BCUT2D eigenvalue weighted by molar-refractivity contribution is -0.00607. The van der Waals surface area contributed by atoms with E-state index in [1.807, 2.05) is 12.1 Å². The van der Waals surface area contributed by atoms with Crippen LogP contribution in [0.15, 0.2) is 36.8 Å². The summed E-state index contributed by atoms with van der Waals surface area (Å²) in [4.78, 5) is 11.5. The number of hydrogen-bond donors (Lipinski definition) is 1. The van der Waals surface area contributed by atoms with Gasteiger partial charge >= 0.3 is 0 Å². The van der Waals surface area contributed by atoms with Crippen molar-refractivity contribution in [1.82, 2.24) is 15.0 Å². The fraction of sp³-hybridized carbons (Fsp3) is 0.333. The number of aromatic nitrogens is 3. The summed E-state index contributed by atoms with van der Waals surface area (Å²) >= 11 is 0. The number of nitrogens with zero attached hydrogens (tertiary/aromatic N) is 2. The van der Waals surface area contributed by atoms with Gasteiger partial charge in [-0.15, -0.1) is 0 Å². The normalized spacial score (nSPS) is 17.8. The molecule has 0 aromatic carbocycles. The van der Waals surface area contributed by atoms with Crippen molar-refractivity contribution in [2.75, 3.05) is 0 Å². The molecule has 3 rings (SSSR count). The maximum absolute atomic E-state index is 13.1. The summed E-state index contributed by atoms with van der Waals surface area (Å²) < 4.78 is 26.2. The van der Waals surface area contributed by atoms with Crippen LogP contribution in [0.2, 0.25) is 0 Å². The zero-order valence-corrected chi connectivity index (χ0v) is 10.9. The van der Waals surface area contributed by atoms with Crippen molar-refractivity contribution >= 4 is 5.57 Å². The van der Waals surface area contributed by atoms with E-state index >= 15 is 0 Å². The van der Waals surface area contributed by atoms with E-state index in [2.05, 4.69) is 15.0 Å². The van der Waals surface area contributed by atoms with Gasteiger partial charge in [0.25, 0.3) is 5.92 Å². The van der Waals surface area contributed by atoms with Gasteiger partial charge in [0.15, 0.2) is 0 Å². The molecule has 0 radical (unpaired) electrons. The fourth-order valence-corrected chi connectivity index (χ4v) is 2.34. The van der Waals surface area contributed by atoms with Crippen LogP contribution in [-0.4, -0.2) is 20.9 Å². The molecule has 1 aliphatic carbocycles. The van der Waals surface area contributed by atoms with Gasteiger partial charge in [-0.25, -0.2) is 13.8 Å². The molecule has 2 aromatic rings. The molecule has 0 fully saturated rings. The fourth-order valence-electron chi connectivity index (χ4n) is 2.34. The number of aromatic amines is 1. The first kappa shape index (κ1) is 13.0. The predicted octanol–water partition coefficient (Wildman–Crippen LogP) is 3.60. The van der Waals surface area contributed by atoms with Crippen LogP contribution in [0.4, 0.5) is 8.78 Å². The Morgan fingerprint density at radius 1 is 1.25 bits per heavy atom. The topological polar surface area (TPSA) is 41.6 Å². The molecule has 0 spiro atoms. The third-order valence-corrected chi connectivity index (χ3v) is 3.48. The van der Waals surface area contributed by atoms with Crippen molar-refractivity contribution in [2.45, 2.75) is 31.6 Å². The Balaban J connectivity index is 1.73. The van der Waals surface area contributed by atoms with Gasteiger partial charge in [0.05, 0.1) is 0 Å². The van der Waals surface area contributed by atoms with E-state index in [0.717, 1.165) is 23.3 Å². The molecule has 20 heavy (non-hydrogen) atoms. The summed E-state index contributed by atoms with van der Waals surface area (Å²) in [6, 6.07) is 3.89. The molecular formula is C15H15F2N3. The molecule has 0 saturated carbocycles. The van der Waals surface area contributed by atoms with Crippen molar-refractivity contribution in [3.8, 4) is 0 Å². The Morgan fingerprint density at radius 3 is 2.75 bits per heavy atom. The van der Waals surface area contributed by atoms with Gasteiger partial charge < -0.3 is 4.98 Å². The van der Waals surface area contributed by atoms with Crippen molar-refractivity contribution in [3.05, 3.63) is 53.9 Å². The summed E-state index contributed by atoms with van der Waals surface area (Å²) in [5.41, 5.74) is 3.00. The van der Waals surface area contributed by atoms with Crippen molar-refractivity contribution < 1.29 is 8.78 Å². The lowest BCUT2D eigenvalue weighted by Crippen LogP contribution is -2.18. The zero-order valence-electron chi connectivity index (χ0n) is 10.9. The summed E-state index contributed by atoms with van der Waals surface area (Å²) in [7, 11) is 0. The van der Waals surface area contributed by atoms with E-state index in [1.54, 1.807) is 24.7 Å². The highest BCUT2D eigenvalue weighted by atomic mass is 19.3. The average molecular weight is 275 g/mol. The molecule has 0 atom stereocenters. The Morgan fingerprint density at radius 2 is 2.05 bits per heavy atom. The average Bonchev–Trinajstić information content (AvgIpc) is 2.88. The second-order valence-electron chi connectivity index (χ2n) is 5.08. The van der Waals surface area contributed by atoms with E-state index < -0.39 is 5.92 Å². The lowest BCUT2D eigenvalue weighted by atomic mass is 9.96. The van der Waals surface area contributed by atoms with Crippen LogP contribution in [-0.2, 0) is 6.42 Å². The van der Waals surface area contributed by atoms with E-state index in [-0.39, 0.29) is 12.8 Å². The highest BCUT2D eigenvalue weighted by Crippen LogP contribution is 2.35. The summed E-state index contributed by atoms with van der Waals surface area (Å²) in [5.74, 6) is -1.85. The SMILES string of the molecule is FC1(F)CC=C(c2ncc(Cc3ccncc3)[nH]2)CC1. The molecule has 3 nitrogen and oxygen atoms in total. The number of alkyl halides is 2. The van der Waals surface area contributed by atoms with Gasteiger partial charge in [-0.05, 0) is 29.7 Å². The molecule has 0 unspecified atom stereocenters. The summed E-state index contributed by atoms with van der Waals surface area (Å²) in [6.07, 6.45) is 7.68. The third-order valence-electron chi connectivity index (χ3n) is 3.48. The number of nitrogens with one attached hydrogen (secondary N) is 1. The lowest BCUT2D eigenvalue weighted by Gasteiger charge is -2.20. The standard InChI is InChI=1S/C15H15F2N3/c16-15(17)5-1-12(2-6-15)14-19-10-13(20-14)9-11-3-7-18-8-4-11/h1,3-4,7-8,10H,2,5-6,9H2,(H,19,20). The monoisotopic (exact) mass is 275 g/mol. The van der Waals surface area contributed by atoms with Gasteiger partial charge in [0.1, 0.15) is 5.82 Å². The van der Waals surface area contributed by atoms with E-state index in [0.29, 0.717) is 12.2 Å². The molecular weight excluding hydrogens is 260 g/mol. The van der Waals surface area contributed by atoms with Gasteiger partial charge in [-0.1, -0.05) is 6.08 Å². The van der Waals surface area contributed by atoms with Crippen LogP contribution >= 0.6 is 0 Å². The molecule has 1 N–H and O–H groups in total. The van der Waals surface area contributed by atoms with Crippen molar-refractivity contribution in [2.24, 2.45) is 0 Å². The first-order valence-corrected chi connectivity index (χ1v) is 6.62. The largest absolute Gasteiger partial charge is 0.342 e. The molecule has 0 amide bonds. The van der Waals surface area contributed by atoms with Gasteiger partial charge in [-0.3, -0.25) is 4.98 Å². The number of allylic oxidation sites excluding steroid dienone is 2. The second-order valence-corrected chi connectivity index (χ2v) is 5.08. The number of H-pyrrole nitrogens is 1. The summed E-state index contributed by atoms with van der Waals surface area (Å²) in [6.45, 7) is 0. The first-order valence-electron chi connectivity index (χ1n) is 6.62. The Hall–Kier alpha value is -2.04. The summed E-state index contributed by atoms with van der Waals surface area (Å²) in [5, 5.41) is 0. The highest BCUT2D eigenvalue weighted by molar-refractivity contribution is 5.61. The number of imidazole rings is 1. The minimum absolute atomic E-state index is 0.0980. The van der Waals surface area contributed by atoms with Crippen LogP contribution in [0, 0.1) is 0 Å². The van der Waals surface area contributed by atoms with Crippen molar-refractivity contribution in [3.63, 3.8) is 0 Å². The molecule has 2 aromatic heterocycles. The van der Waals surface area contributed by atoms with E-state index in [9.17, 15) is 8.78 Å². The van der Waals surface area contributed by atoms with Crippen molar-refractivity contribution in [1.29, 1.82) is 0 Å². The Bertz CT molecular complexity index is 617. The van der Waals surface area contributed by atoms with Gasteiger partial charge in [-0.2, -0.15) is 0 Å². The second kappa shape index (κ2) is 5.15. The molecule has 0 saturated heterocycles. The molecule has 0 aliphatic heterocycles. The molecule has 0 bridgehead atoms. The first-order chi connectivity index (χ1) is 9.62. The number of rotatable bonds is 3. The van der Waals surface area contributed by atoms with E-state index in [4.69, 9.17) is 0 Å². The molecule has 104 valence electrons. The van der Waals surface area contributed by atoms with Crippen LogP contribution in [0.25, 0.3) is 5.57 Å². The quantitative estimate of drug-likeness (QED) is 0.930. The van der Waals surface area contributed by atoms with Crippen LogP contribution < -0.4 is 0 Å². The predicted molar refractivity (Wildman–Crippen MR) is 72.4 cm³/mol. The minimum Gasteiger partial charge on any atom is -0.342 e. The van der Waals surface area contributed by atoms with Crippen LogP contribution in [0.3, 0.4) is 0 Å². The number of hydrogen-bond acceptors (Lipinski definition) is 2. The maximum atomic E-state index is 13.1. The third kappa shape index (κ3) is 2.92. The Labute approximate surface area is 115 Å². The molecule has 5 heteroatoms. The molecule has 1 aliphatic rings. The smallest absolute Gasteiger partial charge is 0.251 e. The maximum Gasteiger partial charge on any atom is 0.251 e. The molecule has 2 heterocycles. The van der Waals surface area contributed by atoms with Gasteiger partial charge in [0, 0.05) is 43.5 Å². The number of pyridine rings is 1. The Kier molecular flexibility index (Phi) is 3.34. The van der Waals surface area contributed by atoms with Crippen LogP contribution in [0.5, 0.6) is 0 Å². The van der Waals surface area contributed by atoms with E-state index in [1.165, 1.54) is 0 Å². The van der Waals surface area contributed by atoms with Gasteiger partial charge in [0.2, 0.25) is 0 Å². The number of halogens is 2. The zero-order chi connectivity index (χ0) is 14.0.